The van der Waals surface area contributed by atoms with Crippen LogP contribution < -0.4 is 5.32 Å². The number of phenols is 1. The lowest BCUT2D eigenvalue weighted by Crippen LogP contribution is -2.33. The number of carbonyl (C=O) groups is 1. The zero-order valence-corrected chi connectivity index (χ0v) is 15.0. The van der Waals surface area contributed by atoms with E-state index >= 15 is 0 Å². The van der Waals surface area contributed by atoms with Gasteiger partial charge in [0, 0.05) is 24.5 Å². The summed E-state index contributed by atoms with van der Waals surface area (Å²) < 4.78 is 0. The van der Waals surface area contributed by atoms with Crippen molar-refractivity contribution in [2.45, 2.75) is 46.1 Å². The fraction of sp³-hybridized carbons (Fsp3) is 0.500. The quantitative estimate of drug-likeness (QED) is 0.501. The van der Waals surface area contributed by atoms with E-state index in [0.717, 1.165) is 19.4 Å². The number of hydrogen-bond acceptors (Lipinski definition) is 4. The third-order valence-corrected chi connectivity index (χ3v) is 5.24. The van der Waals surface area contributed by atoms with Crippen molar-refractivity contribution >= 4 is 11.6 Å². The highest BCUT2D eigenvalue weighted by Gasteiger charge is 2.48. The number of carbonyl (C=O) groups excluding carboxylic acids is 1. The molecule has 5 nitrogen and oxygen atoms in total. The Bertz CT molecular complexity index is 745. The van der Waals surface area contributed by atoms with Gasteiger partial charge >= 0.3 is 0 Å². The molecule has 0 radical (unpaired) electrons. The van der Waals surface area contributed by atoms with Crippen LogP contribution in [-0.4, -0.2) is 28.5 Å². The van der Waals surface area contributed by atoms with E-state index in [1.54, 1.807) is 18.3 Å². The molecule has 132 valence electrons. The second-order valence-corrected chi connectivity index (χ2v) is 8.54. The van der Waals surface area contributed by atoms with Crippen molar-refractivity contribution in [2.24, 2.45) is 10.8 Å². The van der Waals surface area contributed by atoms with E-state index in [9.17, 15) is 15.2 Å². The fourth-order valence-electron chi connectivity index (χ4n) is 4.70. The van der Waals surface area contributed by atoms with Gasteiger partial charge in [-0.2, -0.15) is 5.26 Å². The van der Waals surface area contributed by atoms with Gasteiger partial charge in [0.25, 0.3) is 5.91 Å². The molecular formula is C20H25N3O2. The molecule has 1 aliphatic heterocycles. The molecule has 2 unspecified atom stereocenters. The van der Waals surface area contributed by atoms with E-state index < -0.39 is 5.91 Å². The molecule has 2 atom stereocenters. The molecule has 2 fully saturated rings. The highest BCUT2D eigenvalue weighted by Crippen LogP contribution is 2.52. The molecule has 2 aliphatic rings. The van der Waals surface area contributed by atoms with Gasteiger partial charge in [0.2, 0.25) is 0 Å². The first-order valence-electron chi connectivity index (χ1n) is 8.68. The maximum Gasteiger partial charge on any atom is 0.267 e. The zero-order valence-electron chi connectivity index (χ0n) is 15.0. The summed E-state index contributed by atoms with van der Waals surface area (Å²) in [5.41, 5.74) is 1.21. The molecule has 0 aromatic heterocycles. The van der Waals surface area contributed by atoms with Crippen molar-refractivity contribution in [3.05, 3.63) is 36.0 Å². The standard InChI is InChI=1S/C20H25N3O2/c1-19(2)8-16-9-20(3,12-19)13-23(16)11-14(10-21)18(25)22-15-4-6-17(24)7-5-15/h4-7,11,16,24H,8-9,12-13H2,1-3H3,(H,22,25)/b14-11-. The molecule has 1 aromatic carbocycles. The summed E-state index contributed by atoms with van der Waals surface area (Å²) in [7, 11) is 0. The molecule has 0 spiro atoms. The zero-order chi connectivity index (χ0) is 18.2. The minimum absolute atomic E-state index is 0.113. The summed E-state index contributed by atoms with van der Waals surface area (Å²) in [5.74, 6) is -0.284. The number of benzene rings is 1. The number of phenolic OH excluding ortho intramolecular Hbond substituents is 1. The van der Waals surface area contributed by atoms with Gasteiger partial charge in [0.1, 0.15) is 17.4 Å². The molecule has 25 heavy (non-hydrogen) atoms. The van der Waals surface area contributed by atoms with Crippen LogP contribution in [0.15, 0.2) is 36.0 Å². The SMILES string of the molecule is CC1(C)CC2CC(C)(CN2/C=C(/C#N)C(=O)Nc2ccc(O)cc2)C1. The molecule has 1 aliphatic carbocycles. The summed E-state index contributed by atoms with van der Waals surface area (Å²) >= 11 is 0. The molecule has 1 amide bonds. The van der Waals surface area contributed by atoms with Gasteiger partial charge in [0.15, 0.2) is 0 Å². The van der Waals surface area contributed by atoms with E-state index in [1.807, 2.05) is 6.07 Å². The first-order chi connectivity index (χ1) is 11.7. The molecular weight excluding hydrogens is 314 g/mol. The van der Waals surface area contributed by atoms with E-state index in [-0.39, 0.29) is 16.7 Å². The summed E-state index contributed by atoms with van der Waals surface area (Å²) in [6, 6.07) is 8.63. The number of nitrogens with one attached hydrogen (secondary N) is 1. The van der Waals surface area contributed by atoms with Gasteiger partial charge in [-0.15, -0.1) is 0 Å². The number of nitriles is 1. The van der Waals surface area contributed by atoms with Gasteiger partial charge < -0.3 is 15.3 Å². The fourth-order valence-corrected chi connectivity index (χ4v) is 4.70. The van der Waals surface area contributed by atoms with Crippen LogP contribution in [0.2, 0.25) is 0 Å². The van der Waals surface area contributed by atoms with E-state index in [0.29, 0.717) is 17.1 Å². The predicted molar refractivity (Wildman–Crippen MR) is 96.7 cm³/mol. The number of amides is 1. The van der Waals surface area contributed by atoms with E-state index in [2.05, 4.69) is 31.0 Å². The Morgan fingerprint density at radius 1 is 1.32 bits per heavy atom. The normalized spacial score (nSPS) is 27.7. The highest BCUT2D eigenvalue weighted by atomic mass is 16.3. The number of anilines is 1. The van der Waals surface area contributed by atoms with Crippen LogP contribution in [0.1, 0.15) is 40.0 Å². The smallest absolute Gasteiger partial charge is 0.267 e. The maximum absolute atomic E-state index is 12.4. The number of nitrogens with zero attached hydrogens (tertiary/aromatic N) is 2. The van der Waals surface area contributed by atoms with Crippen molar-refractivity contribution in [1.82, 2.24) is 4.90 Å². The van der Waals surface area contributed by atoms with Crippen molar-refractivity contribution < 1.29 is 9.90 Å². The van der Waals surface area contributed by atoms with E-state index in [1.165, 1.54) is 18.6 Å². The Kier molecular flexibility index (Phi) is 4.24. The second kappa shape index (κ2) is 6.11. The molecule has 1 aromatic rings. The van der Waals surface area contributed by atoms with Gasteiger partial charge in [-0.1, -0.05) is 20.8 Å². The molecule has 2 bridgehead atoms. The minimum atomic E-state index is -0.418. The second-order valence-electron chi connectivity index (χ2n) is 8.54. The van der Waals surface area contributed by atoms with Crippen LogP contribution in [-0.2, 0) is 4.79 Å². The Hall–Kier alpha value is -2.48. The Morgan fingerprint density at radius 2 is 2.00 bits per heavy atom. The summed E-state index contributed by atoms with van der Waals surface area (Å²) in [6.07, 6.45) is 5.10. The monoisotopic (exact) mass is 339 g/mol. The van der Waals surface area contributed by atoms with Crippen LogP contribution in [0.5, 0.6) is 5.75 Å². The molecule has 3 rings (SSSR count). The molecule has 1 saturated carbocycles. The number of aromatic hydroxyl groups is 1. The van der Waals surface area contributed by atoms with E-state index in [4.69, 9.17) is 0 Å². The summed E-state index contributed by atoms with van der Waals surface area (Å²) in [5, 5.41) is 21.5. The van der Waals surface area contributed by atoms with Gasteiger partial charge in [0.05, 0.1) is 0 Å². The molecule has 5 heteroatoms. The largest absolute Gasteiger partial charge is 0.508 e. The van der Waals surface area contributed by atoms with Crippen LogP contribution in [0.25, 0.3) is 0 Å². The average Bonchev–Trinajstić information content (AvgIpc) is 2.75. The van der Waals surface area contributed by atoms with Crippen molar-refractivity contribution in [2.75, 3.05) is 11.9 Å². The van der Waals surface area contributed by atoms with Crippen LogP contribution >= 0.6 is 0 Å². The number of fused-ring (bicyclic) bond motifs is 2. The third-order valence-electron chi connectivity index (χ3n) is 5.24. The molecule has 1 heterocycles. The number of hydrogen-bond donors (Lipinski definition) is 2. The highest BCUT2D eigenvalue weighted by molar-refractivity contribution is 6.06. The number of rotatable bonds is 3. The molecule has 2 N–H and O–H groups in total. The lowest BCUT2D eigenvalue weighted by molar-refractivity contribution is -0.112. The lowest BCUT2D eigenvalue weighted by Gasteiger charge is -2.39. The first-order valence-corrected chi connectivity index (χ1v) is 8.68. The predicted octanol–water partition coefficient (Wildman–Crippen LogP) is 3.64. The van der Waals surface area contributed by atoms with Crippen molar-refractivity contribution in [3.63, 3.8) is 0 Å². The first kappa shape index (κ1) is 17.3. The van der Waals surface area contributed by atoms with Crippen LogP contribution in [0.3, 0.4) is 0 Å². The number of likely N-dealkylation sites (tertiary alicyclic amines) is 1. The lowest BCUT2D eigenvalue weighted by atomic mass is 9.65. The summed E-state index contributed by atoms with van der Waals surface area (Å²) in [4.78, 5) is 14.6. The average molecular weight is 339 g/mol. The van der Waals surface area contributed by atoms with Crippen LogP contribution in [0.4, 0.5) is 5.69 Å². The Balaban J connectivity index is 1.76. The maximum atomic E-state index is 12.4. The van der Waals surface area contributed by atoms with Gasteiger partial charge in [-0.3, -0.25) is 4.79 Å². The van der Waals surface area contributed by atoms with Gasteiger partial charge in [-0.25, -0.2) is 0 Å². The molecule has 1 saturated heterocycles. The summed E-state index contributed by atoms with van der Waals surface area (Å²) in [6.45, 7) is 7.79. The minimum Gasteiger partial charge on any atom is -0.508 e. The Labute approximate surface area is 148 Å². The Morgan fingerprint density at radius 3 is 2.64 bits per heavy atom. The van der Waals surface area contributed by atoms with Crippen LogP contribution in [0, 0.1) is 22.2 Å². The topological polar surface area (TPSA) is 76.4 Å². The van der Waals surface area contributed by atoms with Crippen molar-refractivity contribution in [1.29, 1.82) is 5.26 Å². The third kappa shape index (κ3) is 3.79. The van der Waals surface area contributed by atoms with Gasteiger partial charge in [-0.05, 0) is 54.4 Å². The van der Waals surface area contributed by atoms with Crippen molar-refractivity contribution in [3.8, 4) is 11.8 Å².